The molecule has 0 saturated carbocycles. The summed E-state index contributed by atoms with van der Waals surface area (Å²) in [6.07, 6.45) is 3.74. The molecule has 0 radical (unpaired) electrons. The van der Waals surface area contributed by atoms with Crippen molar-refractivity contribution >= 4 is 12.0 Å². The molecule has 0 saturated heterocycles. The SMILES string of the molecule is CCCOC(=O)/C=C/c1c(OC)cc(OC)cc1OC. The Hall–Kier alpha value is -2.17. The maximum absolute atomic E-state index is 11.5. The van der Waals surface area contributed by atoms with Crippen LogP contribution in [0.2, 0.25) is 0 Å². The summed E-state index contributed by atoms with van der Waals surface area (Å²) >= 11 is 0. The average Bonchev–Trinajstić information content (AvgIpc) is 2.49. The lowest BCUT2D eigenvalue weighted by Crippen LogP contribution is -2.01. The van der Waals surface area contributed by atoms with Crippen LogP contribution in [0.15, 0.2) is 18.2 Å². The number of benzene rings is 1. The summed E-state index contributed by atoms with van der Waals surface area (Å²) in [6, 6.07) is 3.44. The molecular weight excluding hydrogens is 260 g/mol. The number of esters is 1. The number of carbonyl (C=O) groups is 1. The molecule has 0 heterocycles. The van der Waals surface area contributed by atoms with E-state index in [1.54, 1.807) is 39.5 Å². The molecule has 0 amide bonds. The van der Waals surface area contributed by atoms with E-state index in [1.165, 1.54) is 6.08 Å². The van der Waals surface area contributed by atoms with Crippen molar-refractivity contribution in [3.8, 4) is 17.2 Å². The van der Waals surface area contributed by atoms with Crippen molar-refractivity contribution in [2.24, 2.45) is 0 Å². The lowest BCUT2D eigenvalue weighted by atomic mass is 10.1. The predicted molar refractivity (Wildman–Crippen MR) is 76.4 cm³/mol. The Balaban J connectivity index is 3.03. The highest BCUT2D eigenvalue weighted by molar-refractivity contribution is 5.88. The van der Waals surface area contributed by atoms with Gasteiger partial charge in [0, 0.05) is 18.2 Å². The molecule has 0 aromatic heterocycles. The highest BCUT2D eigenvalue weighted by atomic mass is 16.5. The fourth-order valence-electron chi connectivity index (χ4n) is 1.60. The summed E-state index contributed by atoms with van der Waals surface area (Å²) in [5, 5.41) is 0. The number of methoxy groups -OCH3 is 3. The zero-order valence-electron chi connectivity index (χ0n) is 12.3. The quantitative estimate of drug-likeness (QED) is 0.568. The zero-order valence-corrected chi connectivity index (χ0v) is 12.3. The maximum Gasteiger partial charge on any atom is 0.330 e. The first kappa shape index (κ1) is 15.9. The Morgan fingerprint density at radius 1 is 1.10 bits per heavy atom. The number of hydrogen-bond acceptors (Lipinski definition) is 5. The predicted octanol–water partition coefficient (Wildman–Crippen LogP) is 2.68. The molecule has 0 aliphatic heterocycles. The maximum atomic E-state index is 11.5. The molecule has 0 aliphatic carbocycles. The summed E-state index contributed by atoms with van der Waals surface area (Å²) in [5.41, 5.74) is 0.657. The first-order chi connectivity index (χ1) is 9.65. The van der Waals surface area contributed by atoms with Crippen LogP contribution in [0, 0.1) is 0 Å². The minimum absolute atomic E-state index is 0.397. The number of carbonyl (C=O) groups excluding carboxylic acids is 1. The number of hydrogen-bond donors (Lipinski definition) is 0. The van der Waals surface area contributed by atoms with Gasteiger partial charge in [0.15, 0.2) is 0 Å². The smallest absolute Gasteiger partial charge is 0.330 e. The van der Waals surface area contributed by atoms with Gasteiger partial charge in [-0.3, -0.25) is 0 Å². The minimum atomic E-state index is -0.397. The Morgan fingerprint density at radius 3 is 2.15 bits per heavy atom. The molecule has 1 rings (SSSR count). The highest BCUT2D eigenvalue weighted by Gasteiger charge is 2.11. The molecule has 5 nitrogen and oxygen atoms in total. The normalized spacial score (nSPS) is 10.4. The second-order valence-electron chi connectivity index (χ2n) is 3.95. The van der Waals surface area contributed by atoms with Crippen LogP contribution in [-0.4, -0.2) is 33.9 Å². The summed E-state index contributed by atoms with van der Waals surface area (Å²) in [7, 11) is 4.65. The molecular formula is C15H20O5. The fraction of sp³-hybridized carbons (Fsp3) is 0.400. The van der Waals surface area contributed by atoms with E-state index in [0.29, 0.717) is 29.4 Å². The van der Waals surface area contributed by atoms with Crippen molar-refractivity contribution in [2.75, 3.05) is 27.9 Å². The topological polar surface area (TPSA) is 54.0 Å². The monoisotopic (exact) mass is 280 g/mol. The largest absolute Gasteiger partial charge is 0.496 e. The van der Waals surface area contributed by atoms with Crippen molar-refractivity contribution in [2.45, 2.75) is 13.3 Å². The van der Waals surface area contributed by atoms with Crippen molar-refractivity contribution < 1.29 is 23.7 Å². The van der Waals surface area contributed by atoms with E-state index < -0.39 is 5.97 Å². The number of rotatable bonds is 7. The van der Waals surface area contributed by atoms with Gasteiger partial charge in [-0.25, -0.2) is 4.79 Å². The van der Waals surface area contributed by atoms with E-state index in [2.05, 4.69) is 0 Å². The van der Waals surface area contributed by atoms with E-state index in [0.717, 1.165) is 6.42 Å². The van der Waals surface area contributed by atoms with Gasteiger partial charge in [0.05, 0.1) is 33.5 Å². The molecule has 0 fully saturated rings. The first-order valence-electron chi connectivity index (χ1n) is 6.31. The summed E-state index contributed by atoms with van der Waals surface area (Å²) in [4.78, 5) is 11.5. The zero-order chi connectivity index (χ0) is 15.0. The van der Waals surface area contributed by atoms with Crippen LogP contribution in [0.3, 0.4) is 0 Å². The molecule has 0 unspecified atom stereocenters. The van der Waals surface area contributed by atoms with Gasteiger partial charge in [0.2, 0.25) is 0 Å². The molecule has 5 heteroatoms. The molecule has 0 bridgehead atoms. The van der Waals surface area contributed by atoms with Crippen molar-refractivity contribution in [3.63, 3.8) is 0 Å². The van der Waals surface area contributed by atoms with Crippen LogP contribution in [0.4, 0.5) is 0 Å². The lowest BCUT2D eigenvalue weighted by Gasteiger charge is -2.12. The molecule has 20 heavy (non-hydrogen) atoms. The van der Waals surface area contributed by atoms with Gasteiger partial charge in [0.1, 0.15) is 17.2 Å². The van der Waals surface area contributed by atoms with Crippen LogP contribution < -0.4 is 14.2 Å². The van der Waals surface area contributed by atoms with Crippen LogP contribution >= 0.6 is 0 Å². The molecule has 1 aromatic carbocycles. The Bertz CT molecular complexity index is 454. The van der Waals surface area contributed by atoms with Gasteiger partial charge in [0.25, 0.3) is 0 Å². The van der Waals surface area contributed by atoms with E-state index in [9.17, 15) is 4.79 Å². The van der Waals surface area contributed by atoms with Crippen LogP contribution in [0.1, 0.15) is 18.9 Å². The van der Waals surface area contributed by atoms with Gasteiger partial charge in [-0.15, -0.1) is 0 Å². The van der Waals surface area contributed by atoms with Crippen molar-refractivity contribution in [1.82, 2.24) is 0 Å². The fourth-order valence-corrected chi connectivity index (χ4v) is 1.60. The molecule has 1 aromatic rings. The third kappa shape index (κ3) is 4.19. The van der Waals surface area contributed by atoms with Gasteiger partial charge in [-0.05, 0) is 12.5 Å². The number of ether oxygens (including phenoxy) is 4. The van der Waals surface area contributed by atoms with Crippen LogP contribution in [0.25, 0.3) is 6.08 Å². The van der Waals surface area contributed by atoms with E-state index >= 15 is 0 Å². The first-order valence-corrected chi connectivity index (χ1v) is 6.31. The molecule has 0 atom stereocenters. The van der Waals surface area contributed by atoms with Gasteiger partial charge >= 0.3 is 5.97 Å². The molecule has 0 N–H and O–H groups in total. The van der Waals surface area contributed by atoms with Crippen LogP contribution in [0.5, 0.6) is 17.2 Å². The third-order valence-electron chi connectivity index (χ3n) is 2.59. The lowest BCUT2D eigenvalue weighted by molar-refractivity contribution is -0.137. The summed E-state index contributed by atoms with van der Waals surface area (Å²) in [6.45, 7) is 2.34. The molecule has 0 aliphatic rings. The third-order valence-corrected chi connectivity index (χ3v) is 2.59. The van der Waals surface area contributed by atoms with Crippen molar-refractivity contribution in [1.29, 1.82) is 0 Å². The van der Waals surface area contributed by atoms with Gasteiger partial charge < -0.3 is 18.9 Å². The summed E-state index contributed by atoms with van der Waals surface area (Å²) < 4.78 is 20.7. The Kier molecular flexibility index (Phi) is 6.43. The standard InChI is InChI=1S/C15H20O5/c1-5-8-20-15(16)7-6-12-13(18-3)9-11(17-2)10-14(12)19-4/h6-7,9-10H,5,8H2,1-4H3/b7-6+. The van der Waals surface area contributed by atoms with E-state index in [1.807, 2.05) is 6.92 Å². The van der Waals surface area contributed by atoms with E-state index in [4.69, 9.17) is 18.9 Å². The van der Waals surface area contributed by atoms with Crippen LogP contribution in [-0.2, 0) is 9.53 Å². The highest BCUT2D eigenvalue weighted by Crippen LogP contribution is 2.34. The Labute approximate surface area is 119 Å². The molecule has 0 spiro atoms. The second-order valence-corrected chi connectivity index (χ2v) is 3.95. The second kappa shape index (κ2) is 8.09. The minimum Gasteiger partial charge on any atom is -0.496 e. The Morgan fingerprint density at radius 2 is 1.70 bits per heavy atom. The summed E-state index contributed by atoms with van der Waals surface area (Å²) in [5.74, 6) is 1.33. The molecule has 110 valence electrons. The van der Waals surface area contributed by atoms with Gasteiger partial charge in [-0.1, -0.05) is 6.92 Å². The average molecular weight is 280 g/mol. The van der Waals surface area contributed by atoms with Crippen molar-refractivity contribution in [3.05, 3.63) is 23.8 Å². The van der Waals surface area contributed by atoms with Gasteiger partial charge in [-0.2, -0.15) is 0 Å². The van der Waals surface area contributed by atoms with E-state index in [-0.39, 0.29) is 0 Å².